The third kappa shape index (κ3) is 3.53. The Labute approximate surface area is 183 Å². The van der Waals surface area contributed by atoms with Gasteiger partial charge in [0.1, 0.15) is 5.39 Å². The van der Waals surface area contributed by atoms with Gasteiger partial charge in [0, 0.05) is 17.9 Å². The Kier molecular flexibility index (Phi) is 5.07. The molecule has 0 saturated heterocycles. The lowest BCUT2D eigenvalue weighted by Gasteiger charge is -2.14. The molecule has 2 aromatic heterocycles. The van der Waals surface area contributed by atoms with Crippen molar-refractivity contribution in [2.24, 2.45) is 0 Å². The Morgan fingerprint density at radius 1 is 1.16 bits per heavy atom. The second-order valence-corrected chi connectivity index (χ2v) is 8.41. The van der Waals surface area contributed by atoms with Gasteiger partial charge in [-0.15, -0.1) is 0 Å². The van der Waals surface area contributed by atoms with Gasteiger partial charge in [-0.3, -0.25) is 14.2 Å². The van der Waals surface area contributed by atoms with E-state index in [9.17, 15) is 9.59 Å². The van der Waals surface area contributed by atoms with Crippen LogP contribution in [0.15, 0.2) is 70.7 Å². The molecule has 31 heavy (non-hydrogen) atoms. The zero-order chi connectivity index (χ0) is 21.4. The summed E-state index contributed by atoms with van der Waals surface area (Å²) < 4.78 is 3.33. The van der Waals surface area contributed by atoms with Gasteiger partial charge in [-0.1, -0.05) is 55.1 Å². The molecule has 3 heterocycles. The number of amides is 1. The fraction of sp³-hybridized carbons (Fsp3) is 0.217. The fourth-order valence-electron chi connectivity index (χ4n) is 3.90. The van der Waals surface area contributed by atoms with Crippen LogP contribution in [0.3, 0.4) is 0 Å². The molecule has 1 unspecified atom stereocenters. The van der Waals surface area contributed by atoms with Crippen LogP contribution in [0.4, 0.5) is 5.69 Å². The van der Waals surface area contributed by atoms with Gasteiger partial charge in [0.15, 0.2) is 10.8 Å². The highest BCUT2D eigenvalue weighted by Crippen LogP contribution is 2.33. The Morgan fingerprint density at radius 2 is 1.94 bits per heavy atom. The van der Waals surface area contributed by atoms with E-state index < -0.39 is 0 Å². The predicted molar refractivity (Wildman–Crippen MR) is 122 cm³/mol. The van der Waals surface area contributed by atoms with Crippen molar-refractivity contribution in [3.8, 4) is 5.69 Å². The molecule has 5 rings (SSSR count). The van der Waals surface area contributed by atoms with E-state index in [-0.39, 0.29) is 23.9 Å². The molecule has 7 nitrogen and oxygen atoms in total. The van der Waals surface area contributed by atoms with E-state index in [1.165, 1.54) is 11.8 Å². The van der Waals surface area contributed by atoms with Crippen LogP contribution in [-0.2, 0) is 11.2 Å². The molecular formula is C23H21N5O2S. The second-order valence-electron chi connectivity index (χ2n) is 7.43. The molecule has 1 aliphatic heterocycles. The molecule has 0 radical (unpaired) electrons. The predicted octanol–water partition coefficient (Wildman–Crippen LogP) is 3.82. The summed E-state index contributed by atoms with van der Waals surface area (Å²) in [7, 11) is 0. The lowest BCUT2D eigenvalue weighted by molar-refractivity contribution is -0.116. The summed E-state index contributed by atoms with van der Waals surface area (Å²) >= 11 is 1.50. The Hall–Kier alpha value is -3.39. The lowest BCUT2D eigenvalue weighted by atomic mass is 10.1. The van der Waals surface area contributed by atoms with Crippen molar-refractivity contribution >= 4 is 34.4 Å². The Bertz CT molecular complexity index is 1330. The van der Waals surface area contributed by atoms with E-state index in [1.54, 1.807) is 15.4 Å². The highest BCUT2D eigenvalue weighted by Gasteiger charge is 2.29. The molecule has 0 fully saturated rings. The number of aromatic nitrogens is 4. The number of benzene rings is 2. The number of hydrogen-bond donors (Lipinski definition) is 1. The number of thioether (sulfide) groups is 1. The van der Waals surface area contributed by atoms with Gasteiger partial charge in [-0.05, 0) is 30.2 Å². The number of rotatable bonds is 5. The third-order valence-corrected chi connectivity index (χ3v) is 6.56. The summed E-state index contributed by atoms with van der Waals surface area (Å²) in [5.41, 5.74) is 3.15. The van der Waals surface area contributed by atoms with E-state index >= 15 is 0 Å². The Balaban J connectivity index is 1.44. The minimum absolute atomic E-state index is 0.105. The van der Waals surface area contributed by atoms with Gasteiger partial charge in [-0.25, -0.2) is 9.67 Å². The minimum Gasteiger partial charge on any atom is -0.326 e. The van der Waals surface area contributed by atoms with Crippen LogP contribution >= 0.6 is 11.8 Å². The van der Waals surface area contributed by atoms with Crippen LogP contribution in [-0.4, -0.2) is 31.0 Å². The van der Waals surface area contributed by atoms with E-state index in [1.807, 2.05) is 54.6 Å². The smallest absolute Gasteiger partial charge is 0.265 e. The average molecular weight is 432 g/mol. The van der Waals surface area contributed by atoms with Crippen LogP contribution in [0.2, 0.25) is 0 Å². The molecule has 0 spiro atoms. The van der Waals surface area contributed by atoms with Gasteiger partial charge in [-0.2, -0.15) is 5.10 Å². The SMILES string of the molecule is CCc1ccccc1NC(=O)CC1CSc2nc3c(cnn3-c3ccccc3)c(=O)n21. The van der Waals surface area contributed by atoms with E-state index in [2.05, 4.69) is 17.3 Å². The summed E-state index contributed by atoms with van der Waals surface area (Å²) in [6.07, 6.45) is 2.62. The number of anilines is 1. The second kappa shape index (κ2) is 8.03. The largest absolute Gasteiger partial charge is 0.326 e. The molecule has 8 heteroatoms. The number of nitrogens with zero attached hydrogens (tertiary/aromatic N) is 4. The maximum absolute atomic E-state index is 13.2. The van der Waals surface area contributed by atoms with E-state index in [0.29, 0.717) is 21.9 Å². The topological polar surface area (TPSA) is 81.8 Å². The number of hydrogen-bond acceptors (Lipinski definition) is 5. The maximum Gasteiger partial charge on any atom is 0.265 e. The summed E-state index contributed by atoms with van der Waals surface area (Å²) in [6.45, 7) is 2.06. The summed E-state index contributed by atoms with van der Waals surface area (Å²) in [4.78, 5) is 30.7. The van der Waals surface area contributed by atoms with Gasteiger partial charge in [0.2, 0.25) is 5.91 Å². The molecule has 0 aliphatic carbocycles. The van der Waals surface area contributed by atoms with Crippen LogP contribution in [0.25, 0.3) is 16.7 Å². The molecule has 1 amide bonds. The van der Waals surface area contributed by atoms with Crippen molar-refractivity contribution in [1.29, 1.82) is 0 Å². The fourth-order valence-corrected chi connectivity index (χ4v) is 5.04. The van der Waals surface area contributed by atoms with Crippen molar-refractivity contribution in [2.45, 2.75) is 31.0 Å². The van der Waals surface area contributed by atoms with Gasteiger partial charge in [0.25, 0.3) is 5.56 Å². The first-order valence-electron chi connectivity index (χ1n) is 10.2. The molecule has 4 aromatic rings. The third-order valence-electron chi connectivity index (χ3n) is 5.46. The van der Waals surface area contributed by atoms with E-state index in [4.69, 9.17) is 4.98 Å². The zero-order valence-corrected chi connectivity index (χ0v) is 17.8. The first-order valence-corrected chi connectivity index (χ1v) is 11.2. The van der Waals surface area contributed by atoms with Gasteiger partial charge in [0.05, 0.1) is 17.9 Å². The van der Waals surface area contributed by atoms with Gasteiger partial charge < -0.3 is 5.32 Å². The molecule has 1 N–H and O–H groups in total. The van der Waals surface area contributed by atoms with Gasteiger partial charge >= 0.3 is 0 Å². The first-order chi connectivity index (χ1) is 15.2. The van der Waals surface area contributed by atoms with E-state index in [0.717, 1.165) is 23.4 Å². The normalized spacial score (nSPS) is 15.2. The standard InChI is InChI=1S/C23H21N5O2S/c1-2-15-8-6-7-11-19(15)25-20(29)12-17-14-31-23-26-21-18(22(30)27(17)23)13-24-28(21)16-9-4-3-5-10-16/h3-11,13,17H,2,12,14H2,1H3,(H,25,29). The average Bonchev–Trinajstić information content (AvgIpc) is 3.40. The van der Waals surface area contributed by atoms with Crippen molar-refractivity contribution < 1.29 is 4.79 Å². The number of aryl methyl sites for hydroxylation is 1. The molecule has 2 aromatic carbocycles. The number of fused-ring (bicyclic) bond motifs is 2. The number of carbonyl (C=O) groups excluding carboxylic acids is 1. The molecule has 0 saturated carbocycles. The lowest BCUT2D eigenvalue weighted by Crippen LogP contribution is -2.28. The minimum atomic E-state index is -0.238. The highest BCUT2D eigenvalue weighted by molar-refractivity contribution is 7.99. The molecular weight excluding hydrogens is 410 g/mol. The van der Waals surface area contributed by atoms with Crippen molar-refractivity contribution in [3.05, 3.63) is 76.7 Å². The molecule has 1 atom stereocenters. The van der Waals surface area contributed by atoms with Crippen LogP contribution < -0.4 is 10.9 Å². The zero-order valence-electron chi connectivity index (χ0n) is 17.0. The number of para-hydroxylation sites is 2. The summed E-state index contributed by atoms with van der Waals surface area (Å²) in [5.74, 6) is 0.530. The van der Waals surface area contributed by atoms with Crippen LogP contribution in [0, 0.1) is 0 Å². The van der Waals surface area contributed by atoms with Crippen LogP contribution in [0.1, 0.15) is 24.9 Å². The van der Waals surface area contributed by atoms with Crippen LogP contribution in [0.5, 0.6) is 0 Å². The Morgan fingerprint density at radius 3 is 2.74 bits per heavy atom. The molecule has 0 bridgehead atoms. The van der Waals surface area contributed by atoms with Crippen molar-refractivity contribution in [2.75, 3.05) is 11.1 Å². The quantitative estimate of drug-likeness (QED) is 0.486. The summed E-state index contributed by atoms with van der Waals surface area (Å²) in [6, 6.07) is 17.2. The number of nitrogens with one attached hydrogen (secondary N) is 1. The monoisotopic (exact) mass is 431 g/mol. The maximum atomic E-state index is 13.2. The first kappa shape index (κ1) is 19.6. The molecule has 1 aliphatic rings. The van der Waals surface area contributed by atoms with Crippen molar-refractivity contribution in [3.63, 3.8) is 0 Å². The summed E-state index contributed by atoms with van der Waals surface area (Å²) in [5, 5.41) is 8.46. The molecule has 156 valence electrons. The van der Waals surface area contributed by atoms with Crippen molar-refractivity contribution in [1.82, 2.24) is 19.3 Å². The number of carbonyl (C=O) groups is 1. The highest BCUT2D eigenvalue weighted by atomic mass is 32.2.